The number of ether oxygens (including phenoxy) is 1. The van der Waals surface area contributed by atoms with Gasteiger partial charge in [-0.05, 0) is 30.3 Å². The molecule has 0 aliphatic carbocycles. The lowest BCUT2D eigenvalue weighted by atomic mass is 10.1. The van der Waals surface area contributed by atoms with Gasteiger partial charge in [0.15, 0.2) is 4.77 Å². The minimum atomic E-state index is -0.189. The molecule has 5 heteroatoms. The van der Waals surface area contributed by atoms with Crippen molar-refractivity contribution in [3.05, 3.63) is 57.2 Å². The highest BCUT2D eigenvalue weighted by atomic mass is 32.1. The van der Waals surface area contributed by atoms with E-state index >= 15 is 0 Å². The van der Waals surface area contributed by atoms with Crippen molar-refractivity contribution in [1.82, 2.24) is 9.55 Å². The summed E-state index contributed by atoms with van der Waals surface area (Å²) in [7, 11) is 1.67. The third kappa shape index (κ3) is 2.75. The molecular weight excluding hydrogens is 248 g/mol. The van der Waals surface area contributed by atoms with Gasteiger partial charge in [-0.3, -0.25) is 14.3 Å². The Labute approximate surface area is 110 Å². The summed E-state index contributed by atoms with van der Waals surface area (Å²) in [5.74, 6) is 0. The third-order valence-corrected chi connectivity index (χ3v) is 2.95. The molecule has 0 aliphatic heterocycles. The van der Waals surface area contributed by atoms with Crippen LogP contribution in [0.1, 0.15) is 5.56 Å². The highest BCUT2D eigenvalue weighted by Gasteiger charge is 2.04. The molecule has 0 aliphatic rings. The number of aromatic amines is 1. The second-order valence-corrected chi connectivity index (χ2v) is 4.24. The number of benzene rings is 1. The van der Waals surface area contributed by atoms with Crippen LogP contribution >= 0.6 is 12.2 Å². The lowest BCUT2D eigenvalue weighted by Crippen LogP contribution is -2.11. The number of hydrogen-bond donors (Lipinski definition) is 1. The van der Waals surface area contributed by atoms with Crippen LogP contribution in [0.4, 0.5) is 0 Å². The number of H-pyrrole nitrogens is 1. The van der Waals surface area contributed by atoms with Crippen LogP contribution in [-0.4, -0.2) is 23.3 Å². The molecule has 18 heavy (non-hydrogen) atoms. The lowest BCUT2D eigenvalue weighted by molar-refractivity contribution is 0.202. The predicted molar refractivity (Wildman–Crippen MR) is 72.8 cm³/mol. The van der Waals surface area contributed by atoms with Crippen LogP contribution in [0.15, 0.2) is 41.3 Å². The molecule has 1 aromatic heterocycles. The van der Waals surface area contributed by atoms with Crippen molar-refractivity contribution in [3.63, 3.8) is 0 Å². The van der Waals surface area contributed by atoms with Crippen LogP contribution in [0.5, 0.6) is 0 Å². The largest absolute Gasteiger partial charge is 0.384 e. The molecule has 0 saturated heterocycles. The first kappa shape index (κ1) is 12.7. The number of aromatic nitrogens is 2. The number of nitrogens with zero attached hydrogens (tertiary/aromatic N) is 1. The lowest BCUT2D eigenvalue weighted by Gasteiger charge is -2.11. The van der Waals surface area contributed by atoms with Gasteiger partial charge < -0.3 is 4.74 Å². The molecule has 0 bridgehead atoms. The molecule has 0 atom stereocenters. The Morgan fingerprint density at radius 2 is 2.11 bits per heavy atom. The minimum Gasteiger partial charge on any atom is -0.384 e. The fourth-order valence-corrected chi connectivity index (χ4v) is 2.04. The molecular formula is C13H14N2O2S. The van der Waals surface area contributed by atoms with Crippen molar-refractivity contribution in [2.24, 2.45) is 0 Å². The maximum absolute atomic E-state index is 11.2. The Balaban J connectivity index is 2.49. The zero-order valence-corrected chi connectivity index (χ0v) is 10.9. The quantitative estimate of drug-likeness (QED) is 0.858. The van der Waals surface area contributed by atoms with Gasteiger partial charge in [-0.2, -0.15) is 0 Å². The summed E-state index contributed by atoms with van der Waals surface area (Å²) in [6.45, 7) is 0.647. The Kier molecular flexibility index (Phi) is 4.07. The molecule has 4 nitrogen and oxygen atoms in total. The molecule has 1 N–H and O–H groups in total. The van der Waals surface area contributed by atoms with E-state index in [9.17, 15) is 4.79 Å². The summed E-state index contributed by atoms with van der Waals surface area (Å²) in [5, 5.41) is 0. The Hall–Kier alpha value is -1.72. The van der Waals surface area contributed by atoms with Crippen LogP contribution in [0, 0.1) is 4.77 Å². The van der Waals surface area contributed by atoms with Crippen LogP contribution in [-0.2, 0) is 11.2 Å². The molecule has 1 heterocycles. The van der Waals surface area contributed by atoms with Crippen molar-refractivity contribution >= 4 is 12.2 Å². The predicted octanol–water partition coefficient (Wildman–Crippen LogP) is 2.08. The molecule has 2 aromatic rings. The zero-order chi connectivity index (χ0) is 13.0. The van der Waals surface area contributed by atoms with Crippen LogP contribution in [0.25, 0.3) is 5.69 Å². The average Bonchev–Trinajstić information content (AvgIpc) is 2.37. The molecule has 2 rings (SSSR count). The van der Waals surface area contributed by atoms with E-state index in [1.807, 2.05) is 24.3 Å². The van der Waals surface area contributed by atoms with E-state index in [-0.39, 0.29) is 5.56 Å². The fraction of sp³-hybridized carbons (Fsp3) is 0.231. The van der Waals surface area contributed by atoms with Crippen molar-refractivity contribution in [1.29, 1.82) is 0 Å². The van der Waals surface area contributed by atoms with Gasteiger partial charge in [-0.1, -0.05) is 18.2 Å². The van der Waals surface area contributed by atoms with Gasteiger partial charge in [0.1, 0.15) is 0 Å². The Morgan fingerprint density at radius 1 is 1.33 bits per heavy atom. The minimum absolute atomic E-state index is 0.189. The highest BCUT2D eigenvalue weighted by Crippen LogP contribution is 2.14. The second kappa shape index (κ2) is 5.75. The summed E-state index contributed by atoms with van der Waals surface area (Å²) in [5.41, 5.74) is 1.91. The zero-order valence-electron chi connectivity index (χ0n) is 10.1. The first-order chi connectivity index (χ1) is 8.72. The van der Waals surface area contributed by atoms with Gasteiger partial charge in [0, 0.05) is 19.4 Å². The summed E-state index contributed by atoms with van der Waals surface area (Å²) in [4.78, 5) is 13.8. The van der Waals surface area contributed by atoms with Gasteiger partial charge in [-0.15, -0.1) is 0 Å². The van der Waals surface area contributed by atoms with Gasteiger partial charge >= 0.3 is 0 Å². The van der Waals surface area contributed by atoms with Gasteiger partial charge in [0.25, 0.3) is 5.56 Å². The molecule has 0 saturated carbocycles. The van der Waals surface area contributed by atoms with E-state index in [2.05, 4.69) is 4.98 Å². The van der Waals surface area contributed by atoms with E-state index in [1.165, 1.54) is 6.07 Å². The van der Waals surface area contributed by atoms with Crippen molar-refractivity contribution in [2.45, 2.75) is 6.42 Å². The number of methoxy groups -OCH3 is 1. The number of nitrogens with one attached hydrogen (secondary N) is 1. The van der Waals surface area contributed by atoms with Crippen LogP contribution in [0.2, 0.25) is 0 Å². The van der Waals surface area contributed by atoms with Crippen LogP contribution in [0.3, 0.4) is 0 Å². The molecule has 0 radical (unpaired) electrons. The molecule has 0 fully saturated rings. The Bertz CT molecular complexity index is 646. The topological polar surface area (TPSA) is 47.0 Å². The average molecular weight is 262 g/mol. The van der Waals surface area contributed by atoms with E-state index < -0.39 is 0 Å². The van der Waals surface area contributed by atoms with Gasteiger partial charge in [-0.25, -0.2) is 0 Å². The maximum Gasteiger partial charge on any atom is 0.251 e. The van der Waals surface area contributed by atoms with Crippen molar-refractivity contribution in [3.8, 4) is 5.69 Å². The van der Waals surface area contributed by atoms with E-state index in [1.54, 1.807) is 17.9 Å². The van der Waals surface area contributed by atoms with Crippen molar-refractivity contribution < 1.29 is 4.74 Å². The summed E-state index contributed by atoms with van der Waals surface area (Å²) in [6.07, 6.45) is 2.49. The monoisotopic (exact) mass is 262 g/mol. The maximum atomic E-state index is 11.2. The van der Waals surface area contributed by atoms with Gasteiger partial charge in [0.05, 0.1) is 12.3 Å². The number of para-hydroxylation sites is 1. The standard InChI is InChI=1S/C13H14N2O2S/c1-17-9-7-10-4-2-3-5-11(10)15-8-6-12(16)14-13(15)18/h2-6,8H,7,9H2,1H3,(H,14,16,18). The third-order valence-electron chi connectivity index (χ3n) is 2.65. The molecule has 0 amide bonds. The van der Waals surface area contributed by atoms with E-state index in [0.29, 0.717) is 11.4 Å². The molecule has 0 unspecified atom stereocenters. The normalized spacial score (nSPS) is 10.5. The smallest absolute Gasteiger partial charge is 0.251 e. The number of rotatable bonds is 4. The van der Waals surface area contributed by atoms with Crippen molar-refractivity contribution in [2.75, 3.05) is 13.7 Å². The molecule has 0 spiro atoms. The first-order valence-corrected chi connectivity index (χ1v) is 6.02. The summed E-state index contributed by atoms with van der Waals surface area (Å²) >= 11 is 5.17. The number of hydrogen-bond acceptors (Lipinski definition) is 3. The Morgan fingerprint density at radius 3 is 2.83 bits per heavy atom. The SMILES string of the molecule is COCCc1ccccc1-n1ccc(=O)[nH]c1=S. The highest BCUT2D eigenvalue weighted by molar-refractivity contribution is 7.71. The summed E-state index contributed by atoms with van der Waals surface area (Å²) < 4.78 is 7.28. The van der Waals surface area contributed by atoms with Crippen LogP contribution < -0.4 is 5.56 Å². The molecule has 94 valence electrons. The first-order valence-electron chi connectivity index (χ1n) is 5.61. The summed E-state index contributed by atoms with van der Waals surface area (Å²) in [6, 6.07) is 9.38. The van der Waals surface area contributed by atoms with Gasteiger partial charge in [0.2, 0.25) is 0 Å². The molecule has 1 aromatic carbocycles. The fourth-order valence-electron chi connectivity index (χ4n) is 1.78. The van der Waals surface area contributed by atoms with E-state index in [0.717, 1.165) is 17.7 Å². The van der Waals surface area contributed by atoms with E-state index in [4.69, 9.17) is 17.0 Å². The second-order valence-electron chi connectivity index (χ2n) is 3.85.